The molecule has 0 atom stereocenters. The van der Waals surface area contributed by atoms with Crippen molar-refractivity contribution < 1.29 is 0 Å². The van der Waals surface area contributed by atoms with E-state index in [0.29, 0.717) is 0 Å². The summed E-state index contributed by atoms with van der Waals surface area (Å²) in [5, 5.41) is 3.43. The summed E-state index contributed by atoms with van der Waals surface area (Å²) in [6.07, 6.45) is 5.44. The average molecular weight is 237 g/mol. The van der Waals surface area contributed by atoms with E-state index in [2.05, 4.69) is 43.4 Å². The molecule has 16 heavy (non-hydrogen) atoms. The summed E-state index contributed by atoms with van der Waals surface area (Å²) in [5.41, 5.74) is 2.55. The number of anilines is 1. The maximum Gasteiger partial charge on any atom is 0.0610 e. The van der Waals surface area contributed by atoms with Crippen molar-refractivity contribution in [3.63, 3.8) is 0 Å². The van der Waals surface area contributed by atoms with Gasteiger partial charge in [-0.05, 0) is 31.2 Å². The van der Waals surface area contributed by atoms with Crippen LogP contribution < -0.4 is 5.32 Å². The molecule has 0 heterocycles. The molecule has 0 aromatic heterocycles. The van der Waals surface area contributed by atoms with E-state index in [1.165, 1.54) is 42.7 Å². The second-order valence-corrected chi connectivity index (χ2v) is 5.26. The highest BCUT2D eigenvalue weighted by atomic mass is 32.2. The molecule has 1 aromatic carbocycles. The minimum absolute atomic E-state index is 1.02. The van der Waals surface area contributed by atoms with Gasteiger partial charge < -0.3 is 5.32 Å². The van der Waals surface area contributed by atoms with E-state index in [0.717, 1.165) is 5.88 Å². The lowest BCUT2D eigenvalue weighted by Crippen LogP contribution is -1.98. The zero-order valence-electron chi connectivity index (χ0n) is 10.5. The second-order valence-electron chi connectivity index (χ2n) is 4.16. The molecule has 0 radical (unpaired) electrons. The van der Waals surface area contributed by atoms with Crippen molar-refractivity contribution in [2.75, 3.05) is 16.9 Å². The predicted octanol–water partition coefficient (Wildman–Crippen LogP) is 4.68. The molecule has 0 amide bonds. The lowest BCUT2D eigenvalue weighted by atomic mass is 10.2. The third-order valence-corrected chi connectivity index (χ3v) is 3.50. The highest BCUT2D eigenvalue weighted by molar-refractivity contribution is 7.99. The van der Waals surface area contributed by atoms with Crippen molar-refractivity contribution in [1.82, 2.24) is 0 Å². The van der Waals surface area contributed by atoms with Crippen LogP contribution in [0.4, 0.5) is 5.69 Å². The molecule has 0 bridgehead atoms. The van der Waals surface area contributed by atoms with Crippen molar-refractivity contribution in [3.8, 4) is 0 Å². The van der Waals surface area contributed by atoms with Gasteiger partial charge in [0, 0.05) is 5.69 Å². The van der Waals surface area contributed by atoms with Crippen LogP contribution in [0.25, 0.3) is 0 Å². The van der Waals surface area contributed by atoms with Crippen molar-refractivity contribution in [2.24, 2.45) is 0 Å². The number of nitrogens with one attached hydrogen (secondary N) is 1. The average Bonchev–Trinajstić information content (AvgIpc) is 2.30. The van der Waals surface area contributed by atoms with Crippen LogP contribution in [-0.4, -0.2) is 11.6 Å². The third-order valence-electron chi connectivity index (χ3n) is 2.57. The second kappa shape index (κ2) is 8.51. The Morgan fingerprint density at radius 1 is 1.06 bits per heavy atom. The molecule has 1 rings (SSSR count). The minimum atomic E-state index is 1.02. The number of hydrogen-bond donors (Lipinski definition) is 1. The van der Waals surface area contributed by atoms with Crippen LogP contribution in [0.5, 0.6) is 0 Å². The van der Waals surface area contributed by atoms with E-state index in [-0.39, 0.29) is 0 Å². The van der Waals surface area contributed by atoms with E-state index < -0.39 is 0 Å². The van der Waals surface area contributed by atoms with Crippen LogP contribution >= 0.6 is 11.8 Å². The van der Waals surface area contributed by atoms with Crippen LogP contribution in [0.15, 0.2) is 24.3 Å². The Bertz CT molecular complexity index is 269. The van der Waals surface area contributed by atoms with Gasteiger partial charge in [-0.3, -0.25) is 0 Å². The van der Waals surface area contributed by atoms with Gasteiger partial charge in [0.1, 0.15) is 0 Å². The zero-order chi connectivity index (χ0) is 11.6. The molecular formula is C14H23NS. The van der Waals surface area contributed by atoms with Crippen LogP contribution in [-0.2, 0) is 0 Å². The topological polar surface area (TPSA) is 12.0 Å². The molecule has 0 saturated carbocycles. The molecule has 0 unspecified atom stereocenters. The Labute approximate surface area is 104 Å². The molecule has 0 aliphatic heterocycles. The molecule has 90 valence electrons. The zero-order valence-corrected chi connectivity index (χ0v) is 11.3. The minimum Gasteiger partial charge on any atom is -0.376 e. The molecule has 0 aliphatic carbocycles. The van der Waals surface area contributed by atoms with Gasteiger partial charge in [0.05, 0.1) is 5.88 Å². The summed E-state index contributed by atoms with van der Waals surface area (Å²) in [6.45, 7) is 4.37. The molecular weight excluding hydrogens is 214 g/mol. The maximum absolute atomic E-state index is 3.43. The summed E-state index contributed by atoms with van der Waals surface area (Å²) in [4.78, 5) is 0. The number of thioether (sulfide) groups is 1. The Hall–Kier alpha value is -0.630. The first-order chi connectivity index (χ1) is 7.83. The molecule has 1 nitrogen and oxygen atoms in total. The van der Waals surface area contributed by atoms with Crippen LogP contribution in [0, 0.1) is 6.92 Å². The summed E-state index contributed by atoms with van der Waals surface area (Å²) >= 11 is 1.99. The number of benzene rings is 1. The summed E-state index contributed by atoms with van der Waals surface area (Å²) < 4.78 is 0. The van der Waals surface area contributed by atoms with Gasteiger partial charge in [0.2, 0.25) is 0 Å². The fraction of sp³-hybridized carbons (Fsp3) is 0.571. The standard InChI is InChI=1S/C14H23NS/c1-3-4-5-6-11-16-12-15-14-9-7-13(2)8-10-14/h7-10,15H,3-6,11-12H2,1-2H3. The largest absolute Gasteiger partial charge is 0.376 e. The fourth-order valence-electron chi connectivity index (χ4n) is 1.51. The first-order valence-electron chi connectivity index (χ1n) is 6.21. The first-order valence-corrected chi connectivity index (χ1v) is 7.36. The van der Waals surface area contributed by atoms with Crippen molar-refractivity contribution in [1.29, 1.82) is 0 Å². The summed E-state index contributed by atoms with van der Waals surface area (Å²) in [6, 6.07) is 8.59. The highest BCUT2D eigenvalue weighted by Gasteiger charge is 1.92. The highest BCUT2D eigenvalue weighted by Crippen LogP contribution is 2.12. The van der Waals surface area contributed by atoms with Gasteiger partial charge in [-0.25, -0.2) is 0 Å². The third kappa shape index (κ3) is 6.06. The van der Waals surface area contributed by atoms with Gasteiger partial charge in [-0.15, -0.1) is 11.8 Å². The van der Waals surface area contributed by atoms with E-state index in [4.69, 9.17) is 0 Å². The van der Waals surface area contributed by atoms with Gasteiger partial charge >= 0.3 is 0 Å². The molecule has 0 aliphatic rings. The molecule has 2 heteroatoms. The van der Waals surface area contributed by atoms with Gasteiger partial charge in [0.25, 0.3) is 0 Å². The monoisotopic (exact) mass is 237 g/mol. The smallest absolute Gasteiger partial charge is 0.0610 e. The van der Waals surface area contributed by atoms with E-state index in [1.54, 1.807) is 0 Å². The Morgan fingerprint density at radius 3 is 2.50 bits per heavy atom. The SMILES string of the molecule is CCCCCCSCNc1ccc(C)cc1. The Kier molecular flexibility index (Phi) is 7.15. The number of hydrogen-bond acceptors (Lipinski definition) is 2. The first kappa shape index (κ1) is 13.4. The maximum atomic E-state index is 3.43. The molecule has 0 fully saturated rings. The Balaban J connectivity index is 2.01. The molecule has 1 aromatic rings. The van der Waals surface area contributed by atoms with Crippen molar-refractivity contribution >= 4 is 17.4 Å². The molecule has 1 N–H and O–H groups in total. The normalized spacial score (nSPS) is 10.4. The van der Waals surface area contributed by atoms with Gasteiger partial charge in [0.15, 0.2) is 0 Å². The van der Waals surface area contributed by atoms with Crippen LogP contribution in [0.2, 0.25) is 0 Å². The predicted molar refractivity (Wildman–Crippen MR) is 76.3 cm³/mol. The van der Waals surface area contributed by atoms with E-state index in [1.807, 2.05) is 11.8 Å². The molecule has 0 saturated heterocycles. The number of rotatable bonds is 8. The van der Waals surface area contributed by atoms with Crippen LogP contribution in [0.1, 0.15) is 38.2 Å². The van der Waals surface area contributed by atoms with Gasteiger partial charge in [-0.1, -0.05) is 43.9 Å². The Morgan fingerprint density at radius 2 is 1.81 bits per heavy atom. The van der Waals surface area contributed by atoms with Crippen molar-refractivity contribution in [3.05, 3.63) is 29.8 Å². The lowest BCUT2D eigenvalue weighted by molar-refractivity contribution is 0.706. The van der Waals surface area contributed by atoms with Crippen LogP contribution in [0.3, 0.4) is 0 Å². The van der Waals surface area contributed by atoms with Crippen molar-refractivity contribution in [2.45, 2.75) is 39.5 Å². The summed E-state index contributed by atoms with van der Waals surface area (Å²) in [5.74, 6) is 2.30. The summed E-state index contributed by atoms with van der Waals surface area (Å²) in [7, 11) is 0. The molecule has 0 spiro atoms. The quantitative estimate of drug-likeness (QED) is 0.520. The van der Waals surface area contributed by atoms with E-state index in [9.17, 15) is 0 Å². The fourth-order valence-corrected chi connectivity index (χ4v) is 2.33. The van der Waals surface area contributed by atoms with E-state index >= 15 is 0 Å². The van der Waals surface area contributed by atoms with Gasteiger partial charge in [-0.2, -0.15) is 0 Å². The number of aryl methyl sites for hydroxylation is 1. The lowest BCUT2D eigenvalue weighted by Gasteiger charge is -2.06. The number of unbranched alkanes of at least 4 members (excludes halogenated alkanes) is 3.